The summed E-state index contributed by atoms with van der Waals surface area (Å²) in [4.78, 5) is 5.66. The third-order valence-corrected chi connectivity index (χ3v) is 5.53. The normalized spacial score (nSPS) is 12.7. The smallest absolute Gasteiger partial charge is 0.155 e. The number of nitrogens with one attached hydrogen (secondary N) is 1. The number of rotatable bonds is 4. The van der Waals surface area contributed by atoms with Gasteiger partial charge in [0.15, 0.2) is 4.34 Å². The molecular weight excluding hydrogens is 303 g/mol. The van der Waals surface area contributed by atoms with Gasteiger partial charge in [0, 0.05) is 10.9 Å². The van der Waals surface area contributed by atoms with Gasteiger partial charge in [-0.1, -0.05) is 23.9 Å². The van der Waals surface area contributed by atoms with E-state index in [0.717, 1.165) is 20.3 Å². The molecule has 3 rings (SSSR count). The fraction of sp³-hybridized carbons (Fsp3) is 0.188. The molecule has 108 valence electrons. The summed E-state index contributed by atoms with van der Waals surface area (Å²) in [6.07, 6.45) is 0. The fourth-order valence-electron chi connectivity index (χ4n) is 2.09. The molecule has 0 spiro atoms. The van der Waals surface area contributed by atoms with Crippen LogP contribution in [0.3, 0.4) is 0 Å². The summed E-state index contributed by atoms with van der Waals surface area (Å²) in [6, 6.07) is 13.1. The zero-order chi connectivity index (χ0) is 14.8. The highest BCUT2D eigenvalue weighted by Crippen LogP contribution is 2.37. The number of hydrogen-bond acceptors (Lipinski definition) is 4. The molecule has 1 N–H and O–H groups in total. The second-order valence-corrected chi connectivity index (χ2v) is 7.06. The molecule has 0 fully saturated rings. The molecule has 2 nitrogen and oxygen atoms in total. The molecule has 1 unspecified atom stereocenters. The van der Waals surface area contributed by atoms with Gasteiger partial charge in [-0.3, -0.25) is 0 Å². The van der Waals surface area contributed by atoms with Crippen LogP contribution in [0.4, 0.5) is 4.39 Å². The first-order valence-corrected chi connectivity index (χ1v) is 8.31. The number of hydrogen-bond donors (Lipinski definition) is 1. The van der Waals surface area contributed by atoms with Gasteiger partial charge in [-0.2, -0.15) is 0 Å². The van der Waals surface area contributed by atoms with E-state index in [1.165, 1.54) is 10.8 Å². The van der Waals surface area contributed by atoms with Gasteiger partial charge >= 0.3 is 0 Å². The lowest BCUT2D eigenvalue weighted by molar-refractivity contribution is 0.601. The van der Waals surface area contributed by atoms with Crippen molar-refractivity contribution in [3.63, 3.8) is 0 Å². The van der Waals surface area contributed by atoms with Crippen LogP contribution in [-0.4, -0.2) is 12.0 Å². The molecule has 0 saturated carbocycles. The lowest BCUT2D eigenvalue weighted by Gasteiger charge is -2.14. The van der Waals surface area contributed by atoms with Crippen molar-refractivity contribution in [1.82, 2.24) is 10.3 Å². The molecule has 21 heavy (non-hydrogen) atoms. The molecule has 1 aromatic heterocycles. The summed E-state index contributed by atoms with van der Waals surface area (Å²) < 4.78 is 15.7. The second kappa shape index (κ2) is 6.13. The van der Waals surface area contributed by atoms with Crippen LogP contribution in [0.15, 0.2) is 51.7 Å². The Hall–Kier alpha value is -1.43. The maximum atomic E-state index is 13.5. The number of nitrogens with zero attached hydrogens (tertiary/aromatic N) is 1. The summed E-state index contributed by atoms with van der Waals surface area (Å²) in [5, 5.41) is 3.16. The Kier molecular flexibility index (Phi) is 4.24. The quantitative estimate of drug-likeness (QED) is 0.743. The zero-order valence-electron chi connectivity index (χ0n) is 11.8. The molecule has 0 saturated heterocycles. The molecule has 1 heterocycles. The van der Waals surface area contributed by atoms with Crippen LogP contribution in [0.1, 0.15) is 18.5 Å². The largest absolute Gasteiger partial charge is 0.313 e. The van der Waals surface area contributed by atoms with Crippen molar-refractivity contribution in [1.29, 1.82) is 0 Å². The van der Waals surface area contributed by atoms with Crippen LogP contribution in [0, 0.1) is 5.82 Å². The van der Waals surface area contributed by atoms with Crippen molar-refractivity contribution < 1.29 is 4.39 Å². The maximum Gasteiger partial charge on any atom is 0.155 e. The molecule has 0 radical (unpaired) electrons. The standard InChI is InChI=1S/C16H15FN2S2/c1-10(18-2)12-9-11(17)7-8-14(12)20-16-19-13-5-3-4-6-15(13)21-16/h3-10,18H,1-2H3. The highest BCUT2D eigenvalue weighted by molar-refractivity contribution is 8.01. The number of fused-ring (bicyclic) bond motifs is 1. The van der Waals surface area contributed by atoms with Crippen molar-refractivity contribution >= 4 is 33.3 Å². The third-order valence-electron chi connectivity index (χ3n) is 3.34. The van der Waals surface area contributed by atoms with E-state index in [0.29, 0.717) is 0 Å². The number of benzene rings is 2. The molecule has 0 bridgehead atoms. The topological polar surface area (TPSA) is 24.9 Å². The van der Waals surface area contributed by atoms with Crippen molar-refractivity contribution in [3.8, 4) is 0 Å². The monoisotopic (exact) mass is 318 g/mol. The van der Waals surface area contributed by atoms with Gasteiger partial charge in [0.05, 0.1) is 10.2 Å². The summed E-state index contributed by atoms with van der Waals surface area (Å²) >= 11 is 3.26. The maximum absolute atomic E-state index is 13.5. The molecular formula is C16H15FN2S2. The number of aromatic nitrogens is 1. The van der Waals surface area contributed by atoms with Gasteiger partial charge in [-0.25, -0.2) is 9.37 Å². The Morgan fingerprint density at radius 2 is 2.05 bits per heavy atom. The van der Waals surface area contributed by atoms with Gasteiger partial charge in [0.25, 0.3) is 0 Å². The first kappa shape index (κ1) is 14.5. The molecule has 0 aliphatic carbocycles. The number of thiazole rings is 1. The SMILES string of the molecule is CNC(C)c1cc(F)ccc1Sc1nc2ccccc2s1. The Morgan fingerprint density at radius 1 is 1.24 bits per heavy atom. The number of halogens is 1. The Balaban J connectivity index is 1.97. The van der Waals surface area contributed by atoms with Crippen LogP contribution in [-0.2, 0) is 0 Å². The van der Waals surface area contributed by atoms with Crippen molar-refractivity contribution in [3.05, 3.63) is 53.8 Å². The van der Waals surface area contributed by atoms with Crippen LogP contribution in [0.25, 0.3) is 10.2 Å². The van der Waals surface area contributed by atoms with Gasteiger partial charge in [0.2, 0.25) is 0 Å². The van der Waals surface area contributed by atoms with Gasteiger partial charge in [0.1, 0.15) is 5.82 Å². The second-order valence-electron chi connectivity index (χ2n) is 4.74. The van der Waals surface area contributed by atoms with E-state index in [4.69, 9.17) is 0 Å². The van der Waals surface area contributed by atoms with Crippen LogP contribution < -0.4 is 5.32 Å². The molecule has 5 heteroatoms. The van der Waals surface area contributed by atoms with E-state index >= 15 is 0 Å². The predicted molar refractivity (Wildman–Crippen MR) is 87.6 cm³/mol. The zero-order valence-corrected chi connectivity index (χ0v) is 13.4. The molecule has 3 aromatic rings. The van der Waals surface area contributed by atoms with E-state index in [9.17, 15) is 4.39 Å². The minimum atomic E-state index is -0.208. The Morgan fingerprint density at radius 3 is 2.81 bits per heavy atom. The first-order chi connectivity index (χ1) is 10.2. The van der Waals surface area contributed by atoms with Crippen LogP contribution in [0.2, 0.25) is 0 Å². The van der Waals surface area contributed by atoms with E-state index < -0.39 is 0 Å². The summed E-state index contributed by atoms with van der Waals surface area (Å²) in [5.74, 6) is -0.208. The molecule has 1 atom stereocenters. The third kappa shape index (κ3) is 3.10. The average molecular weight is 318 g/mol. The van der Waals surface area contributed by atoms with E-state index in [1.54, 1.807) is 29.2 Å². The van der Waals surface area contributed by atoms with E-state index in [-0.39, 0.29) is 11.9 Å². The van der Waals surface area contributed by atoms with E-state index in [2.05, 4.69) is 16.4 Å². The minimum Gasteiger partial charge on any atom is -0.313 e. The van der Waals surface area contributed by atoms with Gasteiger partial charge < -0.3 is 5.32 Å². The number of para-hydroxylation sites is 1. The molecule has 0 aliphatic rings. The molecule has 2 aromatic carbocycles. The average Bonchev–Trinajstić information content (AvgIpc) is 2.90. The van der Waals surface area contributed by atoms with Crippen LogP contribution >= 0.6 is 23.1 Å². The van der Waals surface area contributed by atoms with Crippen molar-refractivity contribution in [2.45, 2.75) is 22.2 Å². The highest BCUT2D eigenvalue weighted by atomic mass is 32.2. The Bertz CT molecular complexity index is 737. The van der Waals surface area contributed by atoms with Gasteiger partial charge in [-0.05, 0) is 49.9 Å². The summed E-state index contributed by atoms with van der Waals surface area (Å²) in [7, 11) is 1.88. The fourth-order valence-corrected chi connectivity index (χ4v) is 4.32. The summed E-state index contributed by atoms with van der Waals surface area (Å²) in [5.41, 5.74) is 1.97. The predicted octanol–water partition coefficient (Wildman–Crippen LogP) is 4.87. The van der Waals surface area contributed by atoms with Crippen LogP contribution in [0.5, 0.6) is 0 Å². The first-order valence-electron chi connectivity index (χ1n) is 6.67. The highest BCUT2D eigenvalue weighted by Gasteiger charge is 2.13. The van der Waals surface area contributed by atoms with Crippen molar-refractivity contribution in [2.75, 3.05) is 7.05 Å². The lowest BCUT2D eigenvalue weighted by atomic mass is 10.1. The molecule has 0 aliphatic heterocycles. The van der Waals surface area contributed by atoms with Gasteiger partial charge in [-0.15, -0.1) is 11.3 Å². The van der Waals surface area contributed by atoms with Crippen molar-refractivity contribution in [2.24, 2.45) is 0 Å². The minimum absolute atomic E-state index is 0.0950. The Labute approximate surface area is 131 Å². The lowest BCUT2D eigenvalue weighted by Crippen LogP contribution is -2.13. The van der Waals surface area contributed by atoms with E-state index in [1.807, 2.05) is 38.2 Å². The summed E-state index contributed by atoms with van der Waals surface area (Å²) in [6.45, 7) is 2.02. The molecule has 0 amide bonds.